The summed E-state index contributed by atoms with van der Waals surface area (Å²) in [6.45, 7) is 3.00. The first-order chi connectivity index (χ1) is 10.1. The van der Waals surface area contributed by atoms with E-state index < -0.39 is 11.8 Å². The number of carbonyl (C=O) groups excluding carboxylic acids is 2. The van der Waals surface area contributed by atoms with E-state index in [0.29, 0.717) is 43.4 Å². The van der Waals surface area contributed by atoms with Crippen LogP contribution in [-0.4, -0.2) is 66.1 Å². The Balaban J connectivity index is 1.87. The van der Waals surface area contributed by atoms with Crippen LogP contribution in [0.25, 0.3) is 0 Å². The van der Waals surface area contributed by atoms with Crippen molar-refractivity contribution < 1.29 is 14.7 Å². The highest BCUT2D eigenvalue weighted by molar-refractivity contribution is 6.39. The summed E-state index contributed by atoms with van der Waals surface area (Å²) >= 11 is 5.83. The third-order valence-corrected chi connectivity index (χ3v) is 3.59. The predicted octanol–water partition coefficient (Wildman–Crippen LogP) is 0.415. The number of anilines is 1. The largest absolute Gasteiger partial charge is 0.395 e. The number of halogens is 1. The van der Waals surface area contributed by atoms with Crippen molar-refractivity contribution in [3.05, 3.63) is 29.3 Å². The maximum absolute atomic E-state index is 12.1. The van der Waals surface area contributed by atoms with Gasteiger partial charge in [0.2, 0.25) is 0 Å². The normalized spacial score (nSPS) is 15.8. The van der Waals surface area contributed by atoms with E-state index in [1.165, 1.54) is 4.90 Å². The highest BCUT2D eigenvalue weighted by Gasteiger charge is 2.25. The SMILES string of the molecule is O=C(Nc1cccc(Cl)c1)C(=O)N1CCN(CCO)CC1. The van der Waals surface area contributed by atoms with Crippen molar-refractivity contribution in [2.75, 3.05) is 44.6 Å². The molecule has 114 valence electrons. The highest BCUT2D eigenvalue weighted by Crippen LogP contribution is 2.15. The molecule has 0 unspecified atom stereocenters. The van der Waals surface area contributed by atoms with Crippen LogP contribution in [0.15, 0.2) is 24.3 Å². The van der Waals surface area contributed by atoms with Gasteiger partial charge < -0.3 is 15.3 Å². The van der Waals surface area contributed by atoms with Crippen molar-refractivity contribution in [1.82, 2.24) is 9.80 Å². The smallest absolute Gasteiger partial charge is 0.313 e. The number of hydrogen-bond donors (Lipinski definition) is 2. The van der Waals surface area contributed by atoms with E-state index in [9.17, 15) is 9.59 Å². The van der Waals surface area contributed by atoms with Crippen LogP contribution in [0.4, 0.5) is 5.69 Å². The van der Waals surface area contributed by atoms with Gasteiger partial charge in [-0.1, -0.05) is 17.7 Å². The molecule has 1 fully saturated rings. The lowest BCUT2D eigenvalue weighted by atomic mass is 10.3. The van der Waals surface area contributed by atoms with Crippen LogP contribution >= 0.6 is 11.6 Å². The maximum atomic E-state index is 12.1. The number of rotatable bonds is 3. The molecule has 1 aliphatic rings. The summed E-state index contributed by atoms with van der Waals surface area (Å²) in [6.07, 6.45) is 0. The van der Waals surface area contributed by atoms with Crippen molar-refractivity contribution in [2.24, 2.45) is 0 Å². The Hall–Kier alpha value is -1.63. The molecule has 1 aliphatic heterocycles. The average Bonchev–Trinajstić information content (AvgIpc) is 2.47. The molecule has 7 heteroatoms. The van der Waals surface area contributed by atoms with E-state index in [1.807, 2.05) is 0 Å². The maximum Gasteiger partial charge on any atom is 0.313 e. The second-order valence-electron chi connectivity index (χ2n) is 4.82. The molecule has 1 saturated heterocycles. The van der Waals surface area contributed by atoms with E-state index in [-0.39, 0.29) is 6.61 Å². The van der Waals surface area contributed by atoms with E-state index >= 15 is 0 Å². The number of amides is 2. The molecule has 0 aliphatic carbocycles. The van der Waals surface area contributed by atoms with Gasteiger partial charge in [-0.3, -0.25) is 14.5 Å². The molecule has 0 aromatic heterocycles. The zero-order chi connectivity index (χ0) is 15.2. The summed E-state index contributed by atoms with van der Waals surface area (Å²) in [7, 11) is 0. The summed E-state index contributed by atoms with van der Waals surface area (Å²) in [5, 5.41) is 11.9. The second-order valence-corrected chi connectivity index (χ2v) is 5.26. The lowest BCUT2D eigenvalue weighted by Gasteiger charge is -2.33. The van der Waals surface area contributed by atoms with Crippen molar-refractivity contribution in [3.8, 4) is 0 Å². The van der Waals surface area contributed by atoms with Gasteiger partial charge >= 0.3 is 11.8 Å². The minimum atomic E-state index is -0.659. The lowest BCUT2D eigenvalue weighted by Crippen LogP contribution is -2.52. The Morgan fingerprint density at radius 2 is 1.95 bits per heavy atom. The molecule has 0 bridgehead atoms. The summed E-state index contributed by atoms with van der Waals surface area (Å²) in [5.74, 6) is -1.20. The van der Waals surface area contributed by atoms with Gasteiger partial charge in [0.1, 0.15) is 0 Å². The first-order valence-electron chi connectivity index (χ1n) is 6.79. The molecule has 2 N–H and O–H groups in total. The van der Waals surface area contributed by atoms with Gasteiger partial charge in [0, 0.05) is 43.4 Å². The predicted molar refractivity (Wildman–Crippen MR) is 80.2 cm³/mol. The van der Waals surface area contributed by atoms with Gasteiger partial charge in [0.05, 0.1) is 6.61 Å². The fraction of sp³-hybridized carbons (Fsp3) is 0.429. The van der Waals surface area contributed by atoms with E-state index in [2.05, 4.69) is 10.2 Å². The number of aliphatic hydroxyl groups is 1. The molecule has 0 spiro atoms. The first kappa shape index (κ1) is 15.8. The number of hydrogen-bond acceptors (Lipinski definition) is 4. The number of aliphatic hydroxyl groups excluding tert-OH is 1. The van der Waals surface area contributed by atoms with Gasteiger partial charge in [0.15, 0.2) is 0 Å². The van der Waals surface area contributed by atoms with Crippen LogP contribution in [-0.2, 0) is 9.59 Å². The fourth-order valence-electron chi connectivity index (χ4n) is 2.21. The first-order valence-corrected chi connectivity index (χ1v) is 7.17. The number of β-amino-alcohol motifs (C(OH)–C–C–N with tert-alkyl or cyclic N) is 1. The van der Waals surface area contributed by atoms with Crippen molar-refractivity contribution in [3.63, 3.8) is 0 Å². The Bertz CT molecular complexity index is 516. The van der Waals surface area contributed by atoms with Gasteiger partial charge in [-0.15, -0.1) is 0 Å². The number of piperazine rings is 1. The van der Waals surface area contributed by atoms with E-state index in [4.69, 9.17) is 16.7 Å². The Morgan fingerprint density at radius 1 is 1.24 bits per heavy atom. The van der Waals surface area contributed by atoms with Crippen LogP contribution in [0.1, 0.15) is 0 Å². The molecule has 1 aromatic rings. The molecule has 0 saturated carbocycles. The van der Waals surface area contributed by atoms with Crippen molar-refractivity contribution in [2.45, 2.75) is 0 Å². The zero-order valence-corrected chi connectivity index (χ0v) is 12.3. The molecular formula is C14H18ClN3O3. The average molecular weight is 312 g/mol. The van der Waals surface area contributed by atoms with Crippen LogP contribution < -0.4 is 5.32 Å². The number of carbonyl (C=O) groups is 2. The quantitative estimate of drug-likeness (QED) is 0.793. The summed E-state index contributed by atoms with van der Waals surface area (Å²) in [4.78, 5) is 27.6. The van der Waals surface area contributed by atoms with Crippen molar-refractivity contribution in [1.29, 1.82) is 0 Å². The number of benzene rings is 1. The minimum absolute atomic E-state index is 0.100. The Morgan fingerprint density at radius 3 is 2.57 bits per heavy atom. The van der Waals surface area contributed by atoms with Gasteiger partial charge in [-0.05, 0) is 18.2 Å². The monoisotopic (exact) mass is 311 g/mol. The van der Waals surface area contributed by atoms with Gasteiger partial charge in [0.25, 0.3) is 0 Å². The Kier molecular flexibility index (Phi) is 5.55. The molecule has 0 radical (unpaired) electrons. The molecular weight excluding hydrogens is 294 g/mol. The summed E-state index contributed by atoms with van der Waals surface area (Å²) in [5.41, 5.74) is 0.500. The Labute approximate surface area is 128 Å². The zero-order valence-electron chi connectivity index (χ0n) is 11.6. The molecule has 21 heavy (non-hydrogen) atoms. The minimum Gasteiger partial charge on any atom is -0.395 e. The molecule has 0 atom stereocenters. The fourth-order valence-corrected chi connectivity index (χ4v) is 2.40. The standard InChI is InChI=1S/C14H18ClN3O3/c15-11-2-1-3-12(10-11)16-13(20)14(21)18-6-4-17(5-7-18)8-9-19/h1-3,10,19H,4-9H2,(H,16,20). The molecule has 2 amide bonds. The van der Waals surface area contributed by atoms with E-state index in [1.54, 1.807) is 24.3 Å². The van der Waals surface area contributed by atoms with Crippen LogP contribution in [0.2, 0.25) is 5.02 Å². The third kappa shape index (κ3) is 4.42. The molecule has 1 aromatic carbocycles. The topological polar surface area (TPSA) is 72.9 Å². The van der Waals surface area contributed by atoms with Crippen molar-refractivity contribution >= 4 is 29.1 Å². The van der Waals surface area contributed by atoms with E-state index in [0.717, 1.165) is 0 Å². The third-order valence-electron chi connectivity index (χ3n) is 3.35. The number of nitrogens with one attached hydrogen (secondary N) is 1. The summed E-state index contributed by atoms with van der Waals surface area (Å²) < 4.78 is 0. The summed E-state index contributed by atoms with van der Waals surface area (Å²) in [6, 6.07) is 6.66. The highest BCUT2D eigenvalue weighted by atomic mass is 35.5. The van der Waals surface area contributed by atoms with Crippen LogP contribution in [0.3, 0.4) is 0 Å². The lowest BCUT2D eigenvalue weighted by molar-refractivity contribution is -0.144. The van der Waals surface area contributed by atoms with Gasteiger partial charge in [-0.25, -0.2) is 0 Å². The number of nitrogens with zero attached hydrogens (tertiary/aromatic N) is 2. The van der Waals surface area contributed by atoms with Crippen LogP contribution in [0.5, 0.6) is 0 Å². The van der Waals surface area contributed by atoms with Gasteiger partial charge in [-0.2, -0.15) is 0 Å². The van der Waals surface area contributed by atoms with Crippen LogP contribution in [0, 0.1) is 0 Å². The molecule has 1 heterocycles. The molecule has 6 nitrogen and oxygen atoms in total. The second kappa shape index (κ2) is 7.40. The molecule has 2 rings (SSSR count).